The number of nitrogens with zero attached hydrogens (tertiary/aromatic N) is 1. The van der Waals surface area contributed by atoms with Gasteiger partial charge in [0.15, 0.2) is 11.5 Å². The molecule has 6 nitrogen and oxygen atoms in total. The monoisotopic (exact) mass is 476 g/mol. The molecule has 35 heavy (non-hydrogen) atoms. The van der Waals surface area contributed by atoms with Crippen molar-refractivity contribution in [2.45, 2.75) is 26.0 Å². The first-order valence-corrected chi connectivity index (χ1v) is 12.3. The summed E-state index contributed by atoms with van der Waals surface area (Å²) < 4.78 is 23.5. The van der Waals surface area contributed by atoms with Gasteiger partial charge in [0.2, 0.25) is 0 Å². The van der Waals surface area contributed by atoms with Gasteiger partial charge in [-0.15, -0.1) is 0 Å². The van der Waals surface area contributed by atoms with E-state index in [1.807, 2.05) is 43.3 Å². The standard InChI is InChI=1S/C29H36N2O4/c1-4-34-28-19-23(11-14-26(28)35-21-22-9-6-5-7-10-22)29(31-17-8-15-30-16-18-31)25-13-12-24(32-2)20-27(25)33-3/h5-7,9-14,19-20,29-30H,4,8,15-18,21H2,1-3H3. The Morgan fingerprint density at radius 1 is 0.829 bits per heavy atom. The molecule has 1 saturated heterocycles. The molecule has 3 aromatic carbocycles. The maximum absolute atomic E-state index is 6.17. The van der Waals surface area contributed by atoms with Crippen LogP contribution in [0, 0.1) is 0 Å². The van der Waals surface area contributed by atoms with Gasteiger partial charge in [-0.2, -0.15) is 0 Å². The summed E-state index contributed by atoms with van der Waals surface area (Å²) >= 11 is 0. The summed E-state index contributed by atoms with van der Waals surface area (Å²) in [5.41, 5.74) is 3.37. The molecule has 3 aromatic rings. The minimum Gasteiger partial charge on any atom is -0.497 e. The molecule has 0 amide bonds. The average Bonchev–Trinajstić information content (AvgIpc) is 3.19. The van der Waals surface area contributed by atoms with E-state index < -0.39 is 0 Å². The first kappa shape index (κ1) is 24.9. The maximum Gasteiger partial charge on any atom is 0.161 e. The SMILES string of the molecule is CCOc1cc(C(c2ccc(OC)cc2OC)N2CCCNCC2)ccc1OCc1ccccc1. The molecule has 1 N–H and O–H groups in total. The highest BCUT2D eigenvalue weighted by Crippen LogP contribution is 2.40. The van der Waals surface area contributed by atoms with Crippen LogP contribution in [0.4, 0.5) is 0 Å². The third-order valence-electron chi connectivity index (χ3n) is 6.30. The average molecular weight is 477 g/mol. The first-order chi connectivity index (χ1) is 17.2. The minimum atomic E-state index is 0.0122. The molecular weight excluding hydrogens is 440 g/mol. The van der Waals surface area contributed by atoms with Gasteiger partial charge in [0.05, 0.1) is 26.9 Å². The van der Waals surface area contributed by atoms with Crippen LogP contribution in [0.25, 0.3) is 0 Å². The molecule has 186 valence electrons. The highest BCUT2D eigenvalue weighted by molar-refractivity contribution is 5.50. The first-order valence-electron chi connectivity index (χ1n) is 12.3. The third-order valence-corrected chi connectivity index (χ3v) is 6.30. The second-order valence-corrected chi connectivity index (χ2v) is 8.56. The van der Waals surface area contributed by atoms with Crippen LogP contribution in [0.3, 0.4) is 0 Å². The molecule has 1 aliphatic heterocycles. The van der Waals surface area contributed by atoms with Crippen LogP contribution in [-0.2, 0) is 6.61 Å². The number of methoxy groups -OCH3 is 2. The van der Waals surface area contributed by atoms with Gasteiger partial charge in [-0.3, -0.25) is 4.90 Å². The predicted molar refractivity (Wildman–Crippen MR) is 139 cm³/mol. The van der Waals surface area contributed by atoms with Gasteiger partial charge in [0.25, 0.3) is 0 Å². The number of benzene rings is 3. The van der Waals surface area contributed by atoms with Crippen molar-refractivity contribution in [1.29, 1.82) is 0 Å². The van der Waals surface area contributed by atoms with Crippen LogP contribution in [-0.4, -0.2) is 51.9 Å². The van der Waals surface area contributed by atoms with E-state index in [9.17, 15) is 0 Å². The number of hydrogen-bond donors (Lipinski definition) is 1. The maximum atomic E-state index is 6.17. The third kappa shape index (κ3) is 6.27. The van der Waals surface area contributed by atoms with E-state index in [4.69, 9.17) is 18.9 Å². The Labute approximate surface area is 208 Å². The summed E-state index contributed by atoms with van der Waals surface area (Å²) in [6, 6.07) is 22.6. The van der Waals surface area contributed by atoms with Crippen molar-refractivity contribution in [1.82, 2.24) is 10.2 Å². The van der Waals surface area contributed by atoms with Crippen molar-refractivity contribution in [3.05, 3.63) is 83.4 Å². The van der Waals surface area contributed by atoms with Gasteiger partial charge in [-0.25, -0.2) is 0 Å². The fraction of sp³-hybridized carbons (Fsp3) is 0.379. The highest BCUT2D eigenvalue weighted by Gasteiger charge is 2.27. The second kappa shape index (κ2) is 12.5. The van der Waals surface area contributed by atoms with Crippen molar-refractivity contribution in [3.63, 3.8) is 0 Å². The van der Waals surface area contributed by atoms with E-state index in [-0.39, 0.29) is 6.04 Å². The fourth-order valence-electron chi connectivity index (χ4n) is 4.57. The highest BCUT2D eigenvalue weighted by atomic mass is 16.5. The normalized spacial score (nSPS) is 15.2. The van der Waals surface area contributed by atoms with Crippen molar-refractivity contribution in [2.75, 3.05) is 47.0 Å². The van der Waals surface area contributed by atoms with E-state index in [0.29, 0.717) is 13.2 Å². The van der Waals surface area contributed by atoms with E-state index in [2.05, 4.69) is 40.5 Å². The topological polar surface area (TPSA) is 52.2 Å². The van der Waals surface area contributed by atoms with Gasteiger partial charge < -0.3 is 24.3 Å². The Balaban J connectivity index is 1.71. The van der Waals surface area contributed by atoms with Crippen LogP contribution >= 0.6 is 0 Å². The van der Waals surface area contributed by atoms with E-state index >= 15 is 0 Å². The van der Waals surface area contributed by atoms with Gasteiger partial charge in [-0.1, -0.05) is 36.4 Å². The van der Waals surface area contributed by atoms with Gasteiger partial charge >= 0.3 is 0 Å². The van der Waals surface area contributed by atoms with Gasteiger partial charge in [-0.05, 0) is 55.3 Å². The summed E-state index contributed by atoms with van der Waals surface area (Å²) in [5, 5.41) is 3.52. The number of nitrogens with one attached hydrogen (secondary N) is 1. The summed E-state index contributed by atoms with van der Waals surface area (Å²) in [6.07, 6.45) is 1.09. The Morgan fingerprint density at radius 3 is 2.46 bits per heavy atom. The molecule has 0 aromatic heterocycles. The Hall–Kier alpha value is -3.22. The second-order valence-electron chi connectivity index (χ2n) is 8.56. The van der Waals surface area contributed by atoms with E-state index in [0.717, 1.165) is 72.3 Å². The lowest BCUT2D eigenvalue weighted by Crippen LogP contribution is -2.33. The minimum absolute atomic E-state index is 0.0122. The van der Waals surface area contributed by atoms with Crippen LogP contribution in [0.15, 0.2) is 66.7 Å². The molecule has 0 aliphatic carbocycles. The lowest BCUT2D eigenvalue weighted by molar-refractivity contribution is 0.234. The van der Waals surface area contributed by atoms with E-state index in [1.165, 1.54) is 0 Å². The van der Waals surface area contributed by atoms with Gasteiger partial charge in [0.1, 0.15) is 18.1 Å². The quantitative estimate of drug-likeness (QED) is 0.441. The summed E-state index contributed by atoms with van der Waals surface area (Å²) in [7, 11) is 3.39. The predicted octanol–water partition coefficient (Wildman–Crippen LogP) is 5.07. The molecule has 0 radical (unpaired) electrons. The molecule has 0 spiro atoms. The van der Waals surface area contributed by atoms with Crippen LogP contribution in [0.2, 0.25) is 0 Å². The number of hydrogen-bond acceptors (Lipinski definition) is 6. The lowest BCUT2D eigenvalue weighted by atomic mass is 9.95. The summed E-state index contributed by atoms with van der Waals surface area (Å²) in [4.78, 5) is 2.51. The zero-order valence-electron chi connectivity index (χ0n) is 21.0. The van der Waals surface area contributed by atoms with Crippen molar-refractivity contribution in [3.8, 4) is 23.0 Å². The molecule has 1 fully saturated rings. The zero-order chi connectivity index (χ0) is 24.5. The smallest absolute Gasteiger partial charge is 0.161 e. The van der Waals surface area contributed by atoms with Crippen LogP contribution in [0.5, 0.6) is 23.0 Å². The van der Waals surface area contributed by atoms with Crippen LogP contribution in [0.1, 0.15) is 36.1 Å². The number of rotatable bonds is 10. The zero-order valence-corrected chi connectivity index (χ0v) is 21.0. The Bertz CT molecular complexity index is 1070. The largest absolute Gasteiger partial charge is 0.497 e. The van der Waals surface area contributed by atoms with Crippen LogP contribution < -0.4 is 24.3 Å². The molecule has 6 heteroatoms. The fourth-order valence-corrected chi connectivity index (χ4v) is 4.57. The summed E-state index contributed by atoms with van der Waals surface area (Å²) in [5.74, 6) is 3.10. The molecule has 1 heterocycles. The summed E-state index contributed by atoms with van der Waals surface area (Å²) in [6.45, 7) is 6.96. The number of ether oxygens (including phenoxy) is 4. The molecule has 1 atom stereocenters. The van der Waals surface area contributed by atoms with Crippen molar-refractivity contribution in [2.24, 2.45) is 0 Å². The molecule has 0 bridgehead atoms. The van der Waals surface area contributed by atoms with E-state index in [1.54, 1.807) is 14.2 Å². The Morgan fingerprint density at radius 2 is 1.69 bits per heavy atom. The molecule has 1 unspecified atom stereocenters. The van der Waals surface area contributed by atoms with Crippen molar-refractivity contribution >= 4 is 0 Å². The molecule has 1 aliphatic rings. The van der Waals surface area contributed by atoms with Gasteiger partial charge in [0, 0.05) is 31.3 Å². The molecule has 4 rings (SSSR count). The Kier molecular flexibility index (Phi) is 8.87. The molecular formula is C29H36N2O4. The van der Waals surface area contributed by atoms with Crippen molar-refractivity contribution < 1.29 is 18.9 Å². The lowest BCUT2D eigenvalue weighted by Gasteiger charge is -2.32. The molecule has 0 saturated carbocycles.